The highest BCUT2D eigenvalue weighted by Gasteiger charge is 2.36. The zero-order chi connectivity index (χ0) is 18.3. The molecule has 1 aliphatic carbocycles. The quantitative estimate of drug-likeness (QED) is 0.246. The molecule has 0 aromatic carbocycles. The lowest BCUT2D eigenvalue weighted by Gasteiger charge is -2.40. The molecule has 0 heterocycles. The van der Waals surface area contributed by atoms with Gasteiger partial charge < -0.3 is 4.74 Å². The Hall–Kier alpha value is -1.16. The Morgan fingerprint density at radius 1 is 1.46 bits per heavy atom. The minimum absolute atomic E-state index is 0.0686. The Labute approximate surface area is 154 Å². The summed E-state index contributed by atoms with van der Waals surface area (Å²) in [6, 6.07) is 0. The molecule has 0 spiro atoms. The number of carbonyl (C=O) groups excluding carboxylic acids is 2. The van der Waals surface area contributed by atoms with Gasteiger partial charge in [0.2, 0.25) is 0 Å². The highest BCUT2D eigenvalue weighted by atomic mass is 79.9. The second kappa shape index (κ2) is 9.36. The van der Waals surface area contributed by atoms with E-state index in [1.54, 1.807) is 0 Å². The first-order valence-electron chi connectivity index (χ1n) is 8.48. The Kier molecular flexibility index (Phi) is 8.14. The van der Waals surface area contributed by atoms with E-state index >= 15 is 0 Å². The van der Waals surface area contributed by atoms with Crippen molar-refractivity contribution < 1.29 is 14.3 Å². The molecule has 0 aliphatic heterocycles. The molecule has 0 aromatic heterocycles. The first-order valence-corrected chi connectivity index (χ1v) is 9.60. The number of rotatable bonds is 8. The third kappa shape index (κ3) is 5.73. The lowest BCUT2D eigenvalue weighted by atomic mass is 9.64. The third-order valence-electron chi connectivity index (χ3n) is 4.90. The normalized spacial score (nSPS) is 21.6. The van der Waals surface area contributed by atoms with Gasteiger partial charge >= 0.3 is 5.97 Å². The van der Waals surface area contributed by atoms with Crippen LogP contribution in [0.4, 0.5) is 0 Å². The van der Waals surface area contributed by atoms with Crippen LogP contribution in [0.3, 0.4) is 0 Å². The lowest BCUT2D eigenvalue weighted by molar-refractivity contribution is -0.144. The first-order chi connectivity index (χ1) is 11.2. The summed E-state index contributed by atoms with van der Waals surface area (Å²) in [4.78, 5) is 23.1. The fourth-order valence-corrected chi connectivity index (χ4v) is 3.84. The summed E-state index contributed by atoms with van der Waals surface area (Å²) >= 11 is 3.40. The highest BCUT2D eigenvalue weighted by Crippen LogP contribution is 2.46. The van der Waals surface area contributed by atoms with E-state index in [-0.39, 0.29) is 23.3 Å². The molecule has 0 amide bonds. The minimum Gasteiger partial charge on any atom is -0.458 e. The van der Waals surface area contributed by atoms with Crippen molar-refractivity contribution >= 4 is 27.7 Å². The van der Waals surface area contributed by atoms with Crippen molar-refractivity contribution in [1.29, 1.82) is 0 Å². The molecule has 0 saturated carbocycles. The maximum atomic E-state index is 11.9. The maximum Gasteiger partial charge on any atom is 0.303 e. The molecule has 134 valence electrons. The largest absolute Gasteiger partial charge is 0.458 e. The molecule has 1 aliphatic rings. The van der Waals surface area contributed by atoms with Crippen molar-refractivity contribution in [3.05, 3.63) is 36.0 Å². The minimum atomic E-state index is -0.262. The molecular formula is C20H29BrO3. The summed E-state index contributed by atoms with van der Waals surface area (Å²) in [6.07, 6.45) is 8.60. The zero-order valence-corrected chi connectivity index (χ0v) is 16.8. The summed E-state index contributed by atoms with van der Waals surface area (Å²) in [7, 11) is 0. The maximum absolute atomic E-state index is 11.9. The number of hydrogen-bond acceptors (Lipinski definition) is 3. The van der Waals surface area contributed by atoms with Gasteiger partial charge in [-0.15, -0.1) is 0 Å². The Morgan fingerprint density at radius 2 is 2.12 bits per heavy atom. The van der Waals surface area contributed by atoms with E-state index in [1.807, 2.05) is 6.08 Å². The molecule has 2 atom stereocenters. The van der Waals surface area contributed by atoms with Crippen LogP contribution in [0, 0.1) is 11.3 Å². The second-order valence-corrected chi connectivity index (χ2v) is 7.78. The third-order valence-corrected chi connectivity index (χ3v) is 5.36. The van der Waals surface area contributed by atoms with Crippen LogP contribution in [0.1, 0.15) is 53.4 Å². The van der Waals surface area contributed by atoms with E-state index in [0.29, 0.717) is 12.3 Å². The second-order valence-electron chi connectivity index (χ2n) is 6.98. The summed E-state index contributed by atoms with van der Waals surface area (Å²) in [5, 5.41) is 0.779. The predicted molar refractivity (Wildman–Crippen MR) is 102 cm³/mol. The number of halogens is 1. The monoisotopic (exact) mass is 396 g/mol. The lowest BCUT2D eigenvalue weighted by Crippen LogP contribution is -2.31. The highest BCUT2D eigenvalue weighted by molar-refractivity contribution is 9.09. The number of allylic oxidation sites excluding steroid dienone is 4. The number of esters is 1. The summed E-state index contributed by atoms with van der Waals surface area (Å²) in [5.41, 5.74) is 2.45. The summed E-state index contributed by atoms with van der Waals surface area (Å²) in [6.45, 7) is 11.5. The molecular weight excluding hydrogens is 368 g/mol. The van der Waals surface area contributed by atoms with Crippen LogP contribution in [-0.2, 0) is 14.3 Å². The average Bonchev–Trinajstić information content (AvgIpc) is 2.49. The molecule has 0 saturated heterocycles. The van der Waals surface area contributed by atoms with Gasteiger partial charge in [-0.05, 0) is 49.7 Å². The van der Waals surface area contributed by atoms with Crippen LogP contribution in [0.2, 0.25) is 0 Å². The molecule has 0 N–H and O–H groups in total. The fourth-order valence-electron chi connectivity index (χ4n) is 3.39. The van der Waals surface area contributed by atoms with Gasteiger partial charge in [0.05, 0.1) is 0 Å². The SMILES string of the molecule is C=CC(=O)CC1=C(C)CCC(/C=C/C(CCBr)OC(C)=O)C1(C)C. The Balaban J connectivity index is 2.96. The standard InChI is InChI=1S/C20H29BrO3/c1-6-17(23)13-19-14(2)7-8-16(20(19,4)5)9-10-18(11-12-21)24-15(3)22/h6,9-10,16,18H,1,7-8,11-13H2,2-5H3/b10-9+. The van der Waals surface area contributed by atoms with E-state index < -0.39 is 0 Å². The van der Waals surface area contributed by atoms with Crippen LogP contribution < -0.4 is 0 Å². The van der Waals surface area contributed by atoms with E-state index in [1.165, 1.54) is 24.1 Å². The molecule has 4 heteroatoms. The summed E-state index contributed by atoms with van der Waals surface area (Å²) in [5.74, 6) is 0.128. The molecule has 3 nitrogen and oxygen atoms in total. The van der Waals surface area contributed by atoms with Crippen molar-refractivity contribution in [2.75, 3.05) is 5.33 Å². The van der Waals surface area contributed by atoms with Crippen LogP contribution >= 0.6 is 15.9 Å². The van der Waals surface area contributed by atoms with E-state index in [9.17, 15) is 9.59 Å². The molecule has 0 radical (unpaired) electrons. The van der Waals surface area contributed by atoms with Crippen LogP contribution in [0.25, 0.3) is 0 Å². The molecule has 2 unspecified atom stereocenters. The van der Waals surface area contributed by atoms with Gasteiger partial charge in [-0.1, -0.05) is 53.6 Å². The van der Waals surface area contributed by atoms with Gasteiger partial charge in [-0.25, -0.2) is 0 Å². The van der Waals surface area contributed by atoms with E-state index in [0.717, 1.165) is 24.6 Å². The molecule has 1 rings (SSSR count). The summed E-state index contributed by atoms with van der Waals surface area (Å²) < 4.78 is 5.34. The van der Waals surface area contributed by atoms with Crippen molar-refractivity contribution in [2.45, 2.75) is 59.5 Å². The molecule has 0 fully saturated rings. The van der Waals surface area contributed by atoms with Crippen LogP contribution in [-0.4, -0.2) is 23.2 Å². The van der Waals surface area contributed by atoms with Gasteiger partial charge in [-0.3, -0.25) is 9.59 Å². The molecule has 0 aromatic rings. The molecule has 0 bridgehead atoms. The van der Waals surface area contributed by atoms with Crippen molar-refractivity contribution in [3.63, 3.8) is 0 Å². The van der Waals surface area contributed by atoms with Gasteiger partial charge in [0, 0.05) is 18.7 Å². The number of hydrogen-bond donors (Lipinski definition) is 0. The van der Waals surface area contributed by atoms with Crippen molar-refractivity contribution in [2.24, 2.45) is 11.3 Å². The van der Waals surface area contributed by atoms with Crippen LogP contribution in [0.15, 0.2) is 36.0 Å². The van der Waals surface area contributed by atoms with Gasteiger partial charge in [0.15, 0.2) is 5.78 Å². The van der Waals surface area contributed by atoms with E-state index in [4.69, 9.17) is 4.74 Å². The van der Waals surface area contributed by atoms with Crippen molar-refractivity contribution in [1.82, 2.24) is 0 Å². The van der Waals surface area contributed by atoms with Gasteiger partial charge in [0.25, 0.3) is 0 Å². The van der Waals surface area contributed by atoms with E-state index in [2.05, 4.69) is 49.4 Å². The number of ketones is 1. The van der Waals surface area contributed by atoms with Crippen LogP contribution in [0.5, 0.6) is 0 Å². The Morgan fingerprint density at radius 3 is 2.67 bits per heavy atom. The average molecular weight is 397 g/mol. The Bertz CT molecular complexity index is 543. The first kappa shape index (κ1) is 20.9. The smallest absolute Gasteiger partial charge is 0.303 e. The fraction of sp³-hybridized carbons (Fsp3) is 0.600. The molecule has 24 heavy (non-hydrogen) atoms. The topological polar surface area (TPSA) is 43.4 Å². The van der Waals surface area contributed by atoms with Gasteiger partial charge in [-0.2, -0.15) is 0 Å². The zero-order valence-electron chi connectivity index (χ0n) is 15.2. The number of ether oxygens (including phenoxy) is 1. The number of carbonyl (C=O) groups is 2. The number of alkyl halides is 1. The van der Waals surface area contributed by atoms with Crippen molar-refractivity contribution in [3.8, 4) is 0 Å². The predicted octanol–water partition coefficient (Wildman–Crippen LogP) is 5.16. The van der Waals surface area contributed by atoms with Gasteiger partial charge in [0.1, 0.15) is 6.10 Å².